The lowest BCUT2D eigenvalue weighted by Crippen LogP contribution is -2.27. The molecule has 41 heavy (non-hydrogen) atoms. The van der Waals surface area contributed by atoms with Gasteiger partial charge in [-0.05, 0) is 79.8 Å². The van der Waals surface area contributed by atoms with E-state index in [4.69, 9.17) is 25.4 Å². The number of esters is 1. The van der Waals surface area contributed by atoms with Crippen LogP contribution in [-0.4, -0.2) is 44.5 Å². The molecule has 2 heterocycles. The van der Waals surface area contributed by atoms with Crippen LogP contribution in [0.2, 0.25) is 0 Å². The molecule has 0 amide bonds. The van der Waals surface area contributed by atoms with E-state index in [0.717, 1.165) is 28.1 Å². The highest BCUT2D eigenvalue weighted by Crippen LogP contribution is 2.26. The zero-order valence-electron chi connectivity index (χ0n) is 23.3. The smallest absolute Gasteiger partial charge is 0.327 e. The number of halogens is 1. The van der Waals surface area contributed by atoms with Crippen LogP contribution in [0.3, 0.4) is 0 Å². The van der Waals surface area contributed by atoms with E-state index in [1.165, 1.54) is 0 Å². The zero-order chi connectivity index (χ0) is 28.6. The number of carbonyl (C=O) groups excluding carboxylic acids is 1. The van der Waals surface area contributed by atoms with Gasteiger partial charge in [-0.1, -0.05) is 30.3 Å². The van der Waals surface area contributed by atoms with Gasteiger partial charge in [-0.3, -0.25) is 14.5 Å². The monoisotopic (exact) mass is 578 g/mol. The van der Waals surface area contributed by atoms with E-state index in [0.29, 0.717) is 30.0 Å². The van der Waals surface area contributed by atoms with Crippen molar-refractivity contribution in [2.75, 3.05) is 6.61 Å². The molecule has 0 aliphatic carbocycles. The largest absolute Gasteiger partial charge is 0.492 e. The predicted octanol–water partition coefficient (Wildman–Crippen LogP) is 5.39. The van der Waals surface area contributed by atoms with Crippen LogP contribution in [0.1, 0.15) is 43.1 Å². The van der Waals surface area contributed by atoms with E-state index in [1.807, 2.05) is 29.8 Å². The number of pyridine rings is 1. The third-order valence-electron chi connectivity index (χ3n) is 6.41. The predicted molar refractivity (Wildman–Crippen MR) is 159 cm³/mol. The summed E-state index contributed by atoms with van der Waals surface area (Å²) >= 11 is 0. The summed E-state index contributed by atoms with van der Waals surface area (Å²) < 4.78 is 13.1. The molecule has 0 aliphatic heterocycles. The number of aliphatic carboxylic acids is 1. The highest BCUT2D eigenvalue weighted by atomic mass is 35.5. The number of hydrogen-bond donors (Lipinski definition) is 2. The summed E-state index contributed by atoms with van der Waals surface area (Å²) in [5.74, 6) is -0.973. The van der Waals surface area contributed by atoms with Gasteiger partial charge in [-0.25, -0.2) is 4.79 Å². The molecule has 0 aliphatic rings. The average Bonchev–Trinajstić information content (AvgIpc) is 3.32. The van der Waals surface area contributed by atoms with Gasteiger partial charge in [0, 0.05) is 30.1 Å². The molecule has 2 aromatic heterocycles. The lowest BCUT2D eigenvalue weighted by atomic mass is 9.97. The van der Waals surface area contributed by atoms with Crippen molar-refractivity contribution in [1.29, 1.82) is 0 Å². The number of hydrogen-bond acceptors (Lipinski definition) is 7. The fourth-order valence-corrected chi connectivity index (χ4v) is 4.36. The number of nitrogens with two attached hydrogens (primary N) is 1. The van der Waals surface area contributed by atoms with E-state index in [1.54, 1.807) is 44.4 Å². The molecule has 0 radical (unpaired) electrons. The summed E-state index contributed by atoms with van der Waals surface area (Å²) in [6.45, 7) is 6.34. The highest BCUT2D eigenvalue weighted by Gasteiger charge is 2.22. The molecule has 1 atom stereocenters. The Bertz CT molecular complexity index is 1460. The molecule has 0 saturated carbocycles. The molecule has 0 spiro atoms. The van der Waals surface area contributed by atoms with Gasteiger partial charge in [0.25, 0.3) is 0 Å². The Balaban J connectivity index is 0.00000462. The number of aromatic nitrogens is 3. The lowest BCUT2D eigenvalue weighted by Gasteiger charge is -2.18. The molecule has 0 saturated heterocycles. The van der Waals surface area contributed by atoms with Gasteiger partial charge in [0.1, 0.15) is 18.4 Å². The molecule has 0 bridgehead atoms. The first kappa shape index (κ1) is 31.3. The number of carboxylic acids is 1. The second-order valence-electron chi connectivity index (χ2n) is 9.77. The third kappa shape index (κ3) is 8.39. The van der Waals surface area contributed by atoms with Gasteiger partial charge < -0.3 is 20.3 Å². The van der Waals surface area contributed by atoms with E-state index in [9.17, 15) is 9.59 Å². The Morgan fingerprint density at radius 1 is 0.976 bits per heavy atom. The van der Waals surface area contributed by atoms with Gasteiger partial charge in [0.15, 0.2) is 0 Å². The molecule has 0 fully saturated rings. The second-order valence-corrected chi connectivity index (χ2v) is 9.77. The van der Waals surface area contributed by atoms with Crippen LogP contribution in [0.15, 0.2) is 73.1 Å². The molecule has 4 aromatic rings. The Kier molecular flexibility index (Phi) is 11.0. The second kappa shape index (κ2) is 14.4. The van der Waals surface area contributed by atoms with E-state index < -0.39 is 18.0 Å². The fourth-order valence-electron chi connectivity index (χ4n) is 4.36. The normalized spacial score (nSPS) is 11.5. The van der Waals surface area contributed by atoms with Crippen LogP contribution < -0.4 is 10.5 Å². The summed E-state index contributed by atoms with van der Waals surface area (Å²) in [5, 5.41) is 13.9. The topological polar surface area (TPSA) is 130 Å². The Morgan fingerprint density at radius 2 is 1.63 bits per heavy atom. The van der Waals surface area contributed by atoms with Gasteiger partial charge in [-0.15, -0.1) is 12.4 Å². The molecular formula is C31H35ClN4O5. The molecule has 1 unspecified atom stereocenters. The maximum atomic E-state index is 12.5. The molecular weight excluding hydrogens is 544 g/mol. The Labute approximate surface area is 245 Å². The van der Waals surface area contributed by atoms with Crippen molar-refractivity contribution in [2.24, 2.45) is 5.73 Å². The van der Waals surface area contributed by atoms with Crippen LogP contribution >= 0.6 is 12.4 Å². The van der Waals surface area contributed by atoms with E-state index in [-0.39, 0.29) is 31.4 Å². The molecule has 3 N–H and O–H groups in total. The van der Waals surface area contributed by atoms with Gasteiger partial charge in [0.05, 0.1) is 18.3 Å². The SMILES string of the molecule is Cc1cc(-c2ccc(-c3ccncc3)cc2)nn1CCOc1ccc(CCC(=O)O)c(C(N)C(=O)OC(C)C)c1.Cl. The van der Waals surface area contributed by atoms with Crippen molar-refractivity contribution in [2.45, 2.75) is 52.3 Å². The summed E-state index contributed by atoms with van der Waals surface area (Å²) in [5.41, 5.74) is 12.5. The first-order valence-electron chi connectivity index (χ1n) is 13.2. The average molecular weight is 579 g/mol. The van der Waals surface area contributed by atoms with Crippen molar-refractivity contribution in [1.82, 2.24) is 14.8 Å². The van der Waals surface area contributed by atoms with Crippen molar-refractivity contribution >= 4 is 24.3 Å². The first-order chi connectivity index (χ1) is 19.2. The van der Waals surface area contributed by atoms with Crippen LogP contribution in [0.25, 0.3) is 22.4 Å². The van der Waals surface area contributed by atoms with Crippen LogP contribution in [-0.2, 0) is 27.3 Å². The fraction of sp³-hybridized carbons (Fsp3) is 0.290. The van der Waals surface area contributed by atoms with Crippen LogP contribution in [0.4, 0.5) is 0 Å². The zero-order valence-corrected chi connectivity index (χ0v) is 24.1. The summed E-state index contributed by atoms with van der Waals surface area (Å²) in [4.78, 5) is 27.7. The molecule has 4 rings (SSSR count). The number of nitrogens with zero attached hydrogens (tertiary/aromatic N) is 3. The van der Waals surface area contributed by atoms with Crippen LogP contribution in [0, 0.1) is 6.92 Å². The van der Waals surface area contributed by atoms with E-state index >= 15 is 0 Å². The van der Waals surface area contributed by atoms with Gasteiger partial charge in [0.2, 0.25) is 0 Å². The van der Waals surface area contributed by atoms with Gasteiger partial charge >= 0.3 is 11.9 Å². The number of carboxylic acid groups (broad SMARTS) is 1. The molecule has 10 heteroatoms. The van der Waals surface area contributed by atoms with Crippen molar-refractivity contribution in [3.8, 4) is 28.1 Å². The molecule has 216 valence electrons. The summed E-state index contributed by atoms with van der Waals surface area (Å²) in [7, 11) is 0. The van der Waals surface area contributed by atoms with Crippen molar-refractivity contribution in [3.63, 3.8) is 0 Å². The van der Waals surface area contributed by atoms with Crippen molar-refractivity contribution < 1.29 is 24.2 Å². The first-order valence-corrected chi connectivity index (χ1v) is 13.2. The van der Waals surface area contributed by atoms with Crippen molar-refractivity contribution in [3.05, 3.63) is 89.9 Å². The molecule has 2 aromatic carbocycles. The number of aryl methyl sites for hydroxylation is 2. The standard InChI is InChI=1S/C31H34N4O5.ClH/c1-20(2)40-31(38)30(32)27-19-26(10-8-24(27)9-11-29(36)37)39-17-16-35-21(3)18-28(34-35)25-6-4-22(5-7-25)23-12-14-33-15-13-23;/h4-8,10,12-15,18-20,30H,9,11,16-17,32H2,1-3H3,(H,36,37);1H. The lowest BCUT2D eigenvalue weighted by molar-refractivity contribution is -0.149. The summed E-state index contributed by atoms with van der Waals surface area (Å²) in [6, 6.07) is 18.4. The van der Waals surface area contributed by atoms with Crippen LogP contribution in [0.5, 0.6) is 5.75 Å². The maximum Gasteiger partial charge on any atom is 0.327 e. The summed E-state index contributed by atoms with van der Waals surface area (Å²) in [6.07, 6.45) is 3.40. The number of ether oxygens (including phenoxy) is 2. The minimum atomic E-state index is -1.05. The number of benzene rings is 2. The number of rotatable bonds is 12. The third-order valence-corrected chi connectivity index (χ3v) is 6.41. The minimum absolute atomic E-state index is 0. The Hall–Kier alpha value is -4.21. The maximum absolute atomic E-state index is 12.5. The number of carbonyl (C=O) groups is 2. The minimum Gasteiger partial charge on any atom is -0.492 e. The van der Waals surface area contributed by atoms with E-state index in [2.05, 4.69) is 29.2 Å². The van der Waals surface area contributed by atoms with Gasteiger partial charge in [-0.2, -0.15) is 5.10 Å². The highest BCUT2D eigenvalue weighted by molar-refractivity contribution is 5.85. The Morgan fingerprint density at radius 3 is 2.29 bits per heavy atom. The quantitative estimate of drug-likeness (QED) is 0.214. The molecule has 9 nitrogen and oxygen atoms in total.